The summed E-state index contributed by atoms with van der Waals surface area (Å²) in [4.78, 5) is 21.9. The molecule has 32 heavy (non-hydrogen) atoms. The van der Waals surface area contributed by atoms with Crippen molar-refractivity contribution >= 4 is 11.6 Å². The van der Waals surface area contributed by atoms with Crippen LogP contribution in [0.25, 0.3) is 0 Å². The van der Waals surface area contributed by atoms with Gasteiger partial charge in [-0.1, -0.05) is 6.07 Å². The van der Waals surface area contributed by atoms with Gasteiger partial charge in [-0.15, -0.1) is 0 Å². The molecule has 6 nitrogen and oxygen atoms in total. The number of rotatable bonds is 6. The maximum atomic E-state index is 12.6. The molecule has 0 aliphatic carbocycles. The molecule has 3 saturated heterocycles. The Bertz CT molecular complexity index is 888. The summed E-state index contributed by atoms with van der Waals surface area (Å²) in [5.41, 5.74) is 3.07. The summed E-state index contributed by atoms with van der Waals surface area (Å²) >= 11 is 0. The third-order valence-corrected chi connectivity index (χ3v) is 7.31. The summed E-state index contributed by atoms with van der Waals surface area (Å²) < 4.78 is 6.50. The molecule has 1 aromatic heterocycles. The molecule has 4 heterocycles. The Balaban J connectivity index is 1.07. The summed E-state index contributed by atoms with van der Waals surface area (Å²) in [6.45, 7) is 5.82. The van der Waals surface area contributed by atoms with Crippen molar-refractivity contribution in [2.24, 2.45) is 0 Å². The SMILES string of the molecule is O=C(NCC1CCC2(CCN(Cc3ccccn3)CC2)O1)c1ccc(N2CCCC2)cc1. The summed E-state index contributed by atoms with van der Waals surface area (Å²) in [6.07, 6.45) is 8.72. The number of hydrogen-bond acceptors (Lipinski definition) is 5. The Kier molecular flexibility index (Phi) is 6.42. The minimum Gasteiger partial charge on any atom is -0.372 e. The van der Waals surface area contributed by atoms with Gasteiger partial charge in [0, 0.05) is 56.7 Å². The number of piperidine rings is 1. The molecule has 1 unspecified atom stereocenters. The van der Waals surface area contributed by atoms with Crippen LogP contribution >= 0.6 is 0 Å². The Morgan fingerprint density at radius 2 is 1.81 bits per heavy atom. The van der Waals surface area contributed by atoms with Crippen molar-refractivity contribution in [1.82, 2.24) is 15.2 Å². The molecule has 1 atom stereocenters. The molecule has 1 amide bonds. The Labute approximate surface area is 191 Å². The molecule has 3 aliphatic rings. The molecule has 2 aromatic rings. The van der Waals surface area contributed by atoms with Gasteiger partial charge in [-0.3, -0.25) is 14.7 Å². The fraction of sp³-hybridized carbons (Fsp3) is 0.538. The lowest BCUT2D eigenvalue weighted by atomic mass is 9.88. The van der Waals surface area contributed by atoms with Crippen LogP contribution in [0, 0.1) is 0 Å². The minimum absolute atomic E-state index is 0.00656. The van der Waals surface area contributed by atoms with E-state index in [4.69, 9.17) is 4.74 Å². The monoisotopic (exact) mass is 434 g/mol. The van der Waals surface area contributed by atoms with Gasteiger partial charge in [0.15, 0.2) is 0 Å². The highest BCUT2D eigenvalue weighted by atomic mass is 16.5. The first-order valence-corrected chi connectivity index (χ1v) is 12.1. The number of nitrogens with one attached hydrogen (secondary N) is 1. The zero-order valence-electron chi connectivity index (χ0n) is 18.8. The Morgan fingerprint density at radius 1 is 1.03 bits per heavy atom. The molecule has 170 valence electrons. The van der Waals surface area contributed by atoms with Crippen LogP contribution in [-0.2, 0) is 11.3 Å². The number of hydrogen-bond donors (Lipinski definition) is 1. The summed E-state index contributed by atoms with van der Waals surface area (Å²) in [6, 6.07) is 14.1. The van der Waals surface area contributed by atoms with Crippen molar-refractivity contribution < 1.29 is 9.53 Å². The molecule has 1 N–H and O–H groups in total. The number of likely N-dealkylation sites (tertiary alicyclic amines) is 1. The molecule has 6 heteroatoms. The van der Waals surface area contributed by atoms with Crippen molar-refractivity contribution in [3.05, 3.63) is 59.9 Å². The fourth-order valence-corrected chi connectivity index (χ4v) is 5.35. The van der Waals surface area contributed by atoms with Crippen LogP contribution in [0.3, 0.4) is 0 Å². The van der Waals surface area contributed by atoms with E-state index in [2.05, 4.69) is 44.4 Å². The van der Waals surface area contributed by atoms with Crippen molar-refractivity contribution in [2.75, 3.05) is 37.6 Å². The lowest BCUT2D eigenvalue weighted by Crippen LogP contribution is -2.45. The molecule has 0 saturated carbocycles. The first kappa shape index (κ1) is 21.4. The van der Waals surface area contributed by atoms with Crippen molar-refractivity contribution in [2.45, 2.75) is 56.8 Å². The van der Waals surface area contributed by atoms with Crippen molar-refractivity contribution in [3.8, 4) is 0 Å². The van der Waals surface area contributed by atoms with E-state index >= 15 is 0 Å². The molecule has 1 aromatic carbocycles. The first-order valence-electron chi connectivity index (χ1n) is 12.1. The number of ether oxygens (including phenoxy) is 1. The van der Waals surface area contributed by atoms with Gasteiger partial charge in [0.25, 0.3) is 5.91 Å². The molecule has 0 radical (unpaired) electrons. The second-order valence-electron chi connectivity index (χ2n) is 9.51. The van der Waals surface area contributed by atoms with Gasteiger partial charge in [0.05, 0.1) is 17.4 Å². The number of carbonyl (C=O) groups excluding carboxylic acids is 1. The maximum absolute atomic E-state index is 12.6. The largest absolute Gasteiger partial charge is 0.372 e. The van der Waals surface area contributed by atoms with Gasteiger partial charge >= 0.3 is 0 Å². The number of pyridine rings is 1. The second kappa shape index (κ2) is 9.59. The molecule has 3 aliphatic heterocycles. The van der Waals surface area contributed by atoms with E-state index in [9.17, 15) is 4.79 Å². The third kappa shape index (κ3) is 4.97. The standard InChI is InChI=1S/C26H34N4O2/c31-25(21-6-8-23(9-7-21)30-15-3-4-16-30)28-19-24-10-11-26(32-24)12-17-29(18-13-26)20-22-5-1-2-14-27-22/h1-2,5-9,14,24H,3-4,10-13,15-20H2,(H,28,31). The molecular formula is C26H34N4O2. The van der Waals surface area contributed by atoms with Crippen molar-refractivity contribution in [3.63, 3.8) is 0 Å². The van der Waals surface area contributed by atoms with Gasteiger partial charge in [-0.05, 0) is 74.9 Å². The predicted molar refractivity (Wildman–Crippen MR) is 126 cm³/mol. The zero-order chi connectivity index (χ0) is 21.8. The highest BCUT2D eigenvalue weighted by molar-refractivity contribution is 5.94. The van der Waals surface area contributed by atoms with Gasteiger partial charge in [-0.25, -0.2) is 0 Å². The highest BCUT2D eigenvalue weighted by Gasteiger charge is 2.42. The quantitative estimate of drug-likeness (QED) is 0.753. The number of anilines is 1. The fourth-order valence-electron chi connectivity index (χ4n) is 5.35. The lowest BCUT2D eigenvalue weighted by Gasteiger charge is -2.39. The van der Waals surface area contributed by atoms with E-state index in [-0.39, 0.29) is 17.6 Å². The van der Waals surface area contributed by atoms with E-state index in [0.717, 1.165) is 69.7 Å². The van der Waals surface area contributed by atoms with Gasteiger partial charge in [0.1, 0.15) is 0 Å². The first-order chi connectivity index (χ1) is 15.7. The molecule has 3 fully saturated rings. The molecular weight excluding hydrogens is 400 g/mol. The topological polar surface area (TPSA) is 57.7 Å². The van der Waals surface area contributed by atoms with E-state index in [1.807, 2.05) is 24.4 Å². The third-order valence-electron chi connectivity index (χ3n) is 7.31. The van der Waals surface area contributed by atoms with Crippen LogP contribution in [-0.4, -0.2) is 60.2 Å². The second-order valence-corrected chi connectivity index (χ2v) is 9.51. The average Bonchev–Trinajstić information content (AvgIpc) is 3.51. The number of nitrogens with zero attached hydrogens (tertiary/aromatic N) is 3. The van der Waals surface area contributed by atoms with Crippen LogP contribution < -0.4 is 10.2 Å². The number of amides is 1. The Morgan fingerprint density at radius 3 is 2.53 bits per heavy atom. The van der Waals surface area contributed by atoms with E-state index < -0.39 is 0 Å². The predicted octanol–water partition coefficient (Wildman–Crippen LogP) is 3.63. The van der Waals surface area contributed by atoms with Crippen LogP contribution in [0.1, 0.15) is 54.6 Å². The van der Waals surface area contributed by atoms with E-state index in [1.54, 1.807) is 0 Å². The van der Waals surface area contributed by atoms with Crippen LogP contribution in [0.5, 0.6) is 0 Å². The Hall–Kier alpha value is -2.44. The number of carbonyl (C=O) groups is 1. The summed E-state index contributed by atoms with van der Waals surface area (Å²) in [5, 5.41) is 3.10. The normalized spacial score (nSPS) is 23.0. The smallest absolute Gasteiger partial charge is 0.251 e. The van der Waals surface area contributed by atoms with Gasteiger partial charge < -0.3 is 15.0 Å². The van der Waals surface area contributed by atoms with Crippen LogP contribution in [0.2, 0.25) is 0 Å². The van der Waals surface area contributed by atoms with Gasteiger partial charge in [-0.2, -0.15) is 0 Å². The zero-order valence-corrected chi connectivity index (χ0v) is 18.8. The lowest BCUT2D eigenvalue weighted by molar-refractivity contribution is -0.0765. The van der Waals surface area contributed by atoms with Gasteiger partial charge in [0.2, 0.25) is 0 Å². The minimum atomic E-state index is -0.00676. The summed E-state index contributed by atoms with van der Waals surface area (Å²) in [5.74, 6) is -0.00676. The van der Waals surface area contributed by atoms with Crippen LogP contribution in [0.15, 0.2) is 48.7 Å². The molecule has 5 rings (SSSR count). The highest BCUT2D eigenvalue weighted by Crippen LogP contribution is 2.39. The number of benzene rings is 1. The number of aromatic nitrogens is 1. The van der Waals surface area contributed by atoms with E-state index in [0.29, 0.717) is 6.54 Å². The average molecular weight is 435 g/mol. The van der Waals surface area contributed by atoms with E-state index in [1.165, 1.54) is 18.5 Å². The summed E-state index contributed by atoms with van der Waals surface area (Å²) in [7, 11) is 0. The van der Waals surface area contributed by atoms with Crippen molar-refractivity contribution in [1.29, 1.82) is 0 Å². The molecule has 0 bridgehead atoms. The maximum Gasteiger partial charge on any atom is 0.251 e. The van der Waals surface area contributed by atoms with Crippen LogP contribution in [0.4, 0.5) is 5.69 Å². The molecule has 1 spiro atoms.